The number of likely N-dealkylation sites (N-methyl/N-ethyl adjacent to an activating group) is 1. The van der Waals surface area contributed by atoms with Crippen LogP contribution in [0.1, 0.15) is 48.7 Å². The number of hydrogen-bond donors (Lipinski definition) is 0. The van der Waals surface area contributed by atoms with Crippen molar-refractivity contribution in [2.24, 2.45) is 0 Å². The monoisotopic (exact) mass is 350 g/mol. The fourth-order valence-corrected chi connectivity index (χ4v) is 3.60. The lowest BCUT2D eigenvalue weighted by Gasteiger charge is -2.26. The molecule has 2 aromatic carbocycles. The van der Waals surface area contributed by atoms with Gasteiger partial charge in [-0.05, 0) is 35.1 Å². The molecule has 1 atom stereocenters. The first-order valence-electron chi connectivity index (χ1n) is 9.48. The van der Waals surface area contributed by atoms with Gasteiger partial charge in [-0.15, -0.1) is 0 Å². The largest absolute Gasteiger partial charge is 0.337 e. The molecule has 26 heavy (non-hydrogen) atoms. The molecule has 1 aliphatic heterocycles. The molecule has 0 saturated carbocycles. The molecule has 1 unspecified atom stereocenters. The minimum atomic E-state index is 0.108. The van der Waals surface area contributed by atoms with E-state index in [0.717, 1.165) is 31.6 Å². The van der Waals surface area contributed by atoms with Gasteiger partial charge in [-0.3, -0.25) is 9.69 Å². The second-order valence-corrected chi connectivity index (χ2v) is 8.41. The van der Waals surface area contributed by atoms with E-state index in [1.807, 2.05) is 30.1 Å². The standard InChI is InChI=1S/C23H30N2O/c1-23(2,3)20-12-10-19(11-13-20)22(26)24(4)21-14-15-25(17-21)16-18-8-6-5-7-9-18/h5-13,21H,14-17H2,1-4H3. The van der Waals surface area contributed by atoms with Gasteiger partial charge in [-0.1, -0.05) is 63.2 Å². The highest BCUT2D eigenvalue weighted by atomic mass is 16.2. The lowest BCUT2D eigenvalue weighted by molar-refractivity contribution is 0.0735. The zero-order valence-electron chi connectivity index (χ0n) is 16.4. The highest BCUT2D eigenvalue weighted by Crippen LogP contribution is 2.23. The van der Waals surface area contributed by atoms with Crippen molar-refractivity contribution in [2.45, 2.75) is 45.2 Å². The summed E-state index contributed by atoms with van der Waals surface area (Å²) in [6.45, 7) is 9.51. The summed E-state index contributed by atoms with van der Waals surface area (Å²) >= 11 is 0. The van der Waals surface area contributed by atoms with E-state index >= 15 is 0 Å². The van der Waals surface area contributed by atoms with Crippen LogP contribution in [0.2, 0.25) is 0 Å². The van der Waals surface area contributed by atoms with Gasteiger partial charge in [0.15, 0.2) is 0 Å². The van der Waals surface area contributed by atoms with Crippen LogP contribution in [0, 0.1) is 0 Å². The van der Waals surface area contributed by atoms with E-state index in [0.29, 0.717) is 0 Å². The minimum absolute atomic E-state index is 0.108. The molecule has 1 saturated heterocycles. The first-order chi connectivity index (χ1) is 12.3. The molecule has 0 aromatic heterocycles. The SMILES string of the molecule is CN(C(=O)c1ccc(C(C)(C)C)cc1)C1CCN(Cc2ccccc2)C1. The second kappa shape index (κ2) is 7.63. The Morgan fingerprint density at radius 3 is 2.35 bits per heavy atom. The van der Waals surface area contributed by atoms with Gasteiger partial charge in [0.1, 0.15) is 0 Å². The Hall–Kier alpha value is -2.13. The Balaban J connectivity index is 1.60. The van der Waals surface area contributed by atoms with Crippen molar-refractivity contribution < 1.29 is 4.79 Å². The highest BCUT2D eigenvalue weighted by molar-refractivity contribution is 5.94. The van der Waals surface area contributed by atoms with Gasteiger partial charge >= 0.3 is 0 Å². The number of carbonyl (C=O) groups excluding carboxylic acids is 1. The van der Waals surface area contributed by atoms with Crippen molar-refractivity contribution in [1.82, 2.24) is 9.80 Å². The maximum Gasteiger partial charge on any atom is 0.253 e. The third kappa shape index (κ3) is 4.34. The Labute approximate surface area is 157 Å². The molecule has 1 amide bonds. The molecular formula is C23H30N2O. The number of benzene rings is 2. The summed E-state index contributed by atoms with van der Waals surface area (Å²) in [5.74, 6) is 0.122. The van der Waals surface area contributed by atoms with Crippen molar-refractivity contribution >= 4 is 5.91 Å². The Morgan fingerprint density at radius 2 is 1.73 bits per heavy atom. The molecule has 0 aliphatic carbocycles. The van der Waals surface area contributed by atoms with Crippen LogP contribution < -0.4 is 0 Å². The van der Waals surface area contributed by atoms with Crippen LogP contribution >= 0.6 is 0 Å². The minimum Gasteiger partial charge on any atom is -0.337 e. The summed E-state index contributed by atoms with van der Waals surface area (Å²) in [6.07, 6.45) is 1.04. The van der Waals surface area contributed by atoms with Gasteiger partial charge < -0.3 is 4.90 Å². The van der Waals surface area contributed by atoms with E-state index < -0.39 is 0 Å². The zero-order valence-corrected chi connectivity index (χ0v) is 16.4. The van der Waals surface area contributed by atoms with Crippen molar-refractivity contribution in [3.05, 3.63) is 71.3 Å². The average molecular weight is 351 g/mol. The number of likely N-dealkylation sites (tertiary alicyclic amines) is 1. The van der Waals surface area contributed by atoms with Crippen LogP contribution in [0.4, 0.5) is 0 Å². The first kappa shape index (κ1) is 18.7. The van der Waals surface area contributed by atoms with E-state index in [4.69, 9.17) is 0 Å². The quantitative estimate of drug-likeness (QED) is 0.819. The molecular weight excluding hydrogens is 320 g/mol. The van der Waals surface area contributed by atoms with Crippen LogP contribution in [-0.4, -0.2) is 41.9 Å². The van der Waals surface area contributed by atoms with Gasteiger partial charge in [-0.2, -0.15) is 0 Å². The third-order valence-electron chi connectivity index (χ3n) is 5.36. The first-order valence-corrected chi connectivity index (χ1v) is 9.48. The Morgan fingerprint density at radius 1 is 1.08 bits per heavy atom. The number of amides is 1. The zero-order chi connectivity index (χ0) is 18.7. The van der Waals surface area contributed by atoms with E-state index in [2.05, 4.69) is 62.1 Å². The molecule has 1 fully saturated rings. The summed E-state index contributed by atoms with van der Waals surface area (Å²) in [5, 5.41) is 0. The maximum absolute atomic E-state index is 12.9. The summed E-state index contributed by atoms with van der Waals surface area (Å²) in [6, 6.07) is 18.9. The maximum atomic E-state index is 12.9. The number of hydrogen-bond acceptors (Lipinski definition) is 2. The van der Waals surface area contributed by atoms with Crippen molar-refractivity contribution in [3.63, 3.8) is 0 Å². The van der Waals surface area contributed by atoms with Crippen LogP contribution in [0.15, 0.2) is 54.6 Å². The smallest absolute Gasteiger partial charge is 0.253 e. The molecule has 0 N–H and O–H groups in total. The second-order valence-electron chi connectivity index (χ2n) is 8.41. The van der Waals surface area contributed by atoms with Crippen LogP contribution in [0.25, 0.3) is 0 Å². The molecule has 0 radical (unpaired) electrons. The van der Waals surface area contributed by atoms with Gasteiger partial charge in [0.05, 0.1) is 0 Å². The van der Waals surface area contributed by atoms with Gasteiger partial charge in [0.25, 0.3) is 5.91 Å². The van der Waals surface area contributed by atoms with Gasteiger partial charge in [0, 0.05) is 38.3 Å². The summed E-state index contributed by atoms with van der Waals surface area (Å²) < 4.78 is 0. The van der Waals surface area contributed by atoms with E-state index in [9.17, 15) is 4.79 Å². The number of nitrogens with zero attached hydrogens (tertiary/aromatic N) is 2. The number of rotatable bonds is 4. The Kier molecular flexibility index (Phi) is 5.47. The molecule has 2 aromatic rings. The molecule has 138 valence electrons. The normalized spacial score (nSPS) is 18.1. The molecule has 1 aliphatic rings. The van der Waals surface area contributed by atoms with Crippen molar-refractivity contribution in [2.75, 3.05) is 20.1 Å². The van der Waals surface area contributed by atoms with E-state index in [1.165, 1.54) is 11.1 Å². The molecule has 0 spiro atoms. The highest BCUT2D eigenvalue weighted by Gasteiger charge is 2.29. The third-order valence-corrected chi connectivity index (χ3v) is 5.36. The molecule has 3 nitrogen and oxygen atoms in total. The predicted octanol–water partition coefficient (Wildman–Crippen LogP) is 4.33. The predicted molar refractivity (Wildman–Crippen MR) is 107 cm³/mol. The molecule has 0 bridgehead atoms. The average Bonchev–Trinajstić information content (AvgIpc) is 3.09. The van der Waals surface area contributed by atoms with Crippen LogP contribution in [0.3, 0.4) is 0 Å². The fraction of sp³-hybridized carbons (Fsp3) is 0.435. The Bertz CT molecular complexity index is 731. The van der Waals surface area contributed by atoms with E-state index in [-0.39, 0.29) is 17.4 Å². The van der Waals surface area contributed by atoms with Crippen molar-refractivity contribution in [3.8, 4) is 0 Å². The fourth-order valence-electron chi connectivity index (χ4n) is 3.60. The van der Waals surface area contributed by atoms with E-state index in [1.54, 1.807) is 0 Å². The van der Waals surface area contributed by atoms with Crippen LogP contribution in [-0.2, 0) is 12.0 Å². The molecule has 3 rings (SSSR count). The summed E-state index contributed by atoms with van der Waals surface area (Å²) in [5.41, 5.74) is 3.48. The summed E-state index contributed by atoms with van der Waals surface area (Å²) in [4.78, 5) is 17.2. The van der Waals surface area contributed by atoms with Crippen molar-refractivity contribution in [1.29, 1.82) is 0 Å². The number of carbonyl (C=O) groups is 1. The topological polar surface area (TPSA) is 23.6 Å². The lowest BCUT2D eigenvalue weighted by atomic mass is 9.86. The molecule has 1 heterocycles. The summed E-state index contributed by atoms with van der Waals surface area (Å²) in [7, 11) is 1.94. The van der Waals surface area contributed by atoms with Gasteiger partial charge in [0.2, 0.25) is 0 Å². The molecule has 3 heteroatoms. The lowest BCUT2D eigenvalue weighted by Crippen LogP contribution is -2.39. The van der Waals surface area contributed by atoms with Crippen LogP contribution in [0.5, 0.6) is 0 Å². The van der Waals surface area contributed by atoms with Gasteiger partial charge in [-0.25, -0.2) is 0 Å².